The fourth-order valence-corrected chi connectivity index (χ4v) is 2.86. The zero-order chi connectivity index (χ0) is 12.3. The highest BCUT2D eigenvalue weighted by atomic mass is 15.1. The van der Waals surface area contributed by atoms with E-state index in [1.807, 2.05) is 0 Å². The van der Waals surface area contributed by atoms with Crippen LogP contribution in [0.25, 0.3) is 0 Å². The standard InChI is InChI=1S/C15H24N2/c1-12-7-3-4-8-13(12)11-17(2)15-10-6-5-9-14(15)16/h3-4,7-8,14-15H,5-6,9-11,16H2,1-2H3. The Labute approximate surface area is 105 Å². The molecule has 0 radical (unpaired) electrons. The number of benzene rings is 1. The number of hydrogen-bond donors (Lipinski definition) is 1. The van der Waals surface area contributed by atoms with Crippen molar-refractivity contribution in [1.29, 1.82) is 0 Å². The Morgan fingerprint density at radius 2 is 1.94 bits per heavy atom. The molecule has 1 aliphatic carbocycles. The largest absolute Gasteiger partial charge is 0.326 e. The van der Waals surface area contributed by atoms with Gasteiger partial charge in [-0.3, -0.25) is 4.90 Å². The van der Waals surface area contributed by atoms with Gasteiger partial charge in [-0.15, -0.1) is 0 Å². The second-order valence-corrected chi connectivity index (χ2v) is 5.36. The average Bonchev–Trinajstić information content (AvgIpc) is 2.32. The van der Waals surface area contributed by atoms with Gasteiger partial charge in [-0.2, -0.15) is 0 Å². The second-order valence-electron chi connectivity index (χ2n) is 5.36. The Balaban J connectivity index is 2.01. The van der Waals surface area contributed by atoms with E-state index in [9.17, 15) is 0 Å². The molecule has 1 aromatic carbocycles. The van der Waals surface area contributed by atoms with Crippen LogP contribution in [0.2, 0.25) is 0 Å². The van der Waals surface area contributed by atoms with Crippen molar-refractivity contribution in [1.82, 2.24) is 4.90 Å². The molecule has 2 atom stereocenters. The van der Waals surface area contributed by atoms with Crippen LogP contribution in [0.5, 0.6) is 0 Å². The van der Waals surface area contributed by atoms with E-state index in [0.717, 1.165) is 6.54 Å². The van der Waals surface area contributed by atoms with Crippen LogP contribution in [0, 0.1) is 6.92 Å². The topological polar surface area (TPSA) is 29.3 Å². The first-order valence-electron chi connectivity index (χ1n) is 6.69. The lowest BCUT2D eigenvalue weighted by Gasteiger charge is -2.36. The Hall–Kier alpha value is -0.860. The van der Waals surface area contributed by atoms with Gasteiger partial charge in [0.25, 0.3) is 0 Å². The van der Waals surface area contributed by atoms with Crippen molar-refractivity contribution >= 4 is 0 Å². The number of aryl methyl sites for hydroxylation is 1. The Kier molecular flexibility index (Phi) is 4.19. The summed E-state index contributed by atoms with van der Waals surface area (Å²) in [6, 6.07) is 9.55. The minimum Gasteiger partial charge on any atom is -0.326 e. The SMILES string of the molecule is Cc1ccccc1CN(C)C1CCCCC1N. The lowest BCUT2D eigenvalue weighted by atomic mass is 9.90. The zero-order valence-corrected chi connectivity index (χ0v) is 11.0. The van der Waals surface area contributed by atoms with Gasteiger partial charge in [0.05, 0.1) is 0 Å². The highest BCUT2D eigenvalue weighted by Crippen LogP contribution is 2.22. The lowest BCUT2D eigenvalue weighted by molar-refractivity contribution is 0.162. The van der Waals surface area contributed by atoms with Gasteiger partial charge in [-0.1, -0.05) is 37.1 Å². The van der Waals surface area contributed by atoms with Crippen LogP contribution >= 0.6 is 0 Å². The summed E-state index contributed by atoms with van der Waals surface area (Å²) in [6.07, 6.45) is 5.07. The molecule has 0 aliphatic heterocycles. The smallest absolute Gasteiger partial charge is 0.0247 e. The van der Waals surface area contributed by atoms with Crippen molar-refractivity contribution in [2.75, 3.05) is 7.05 Å². The Morgan fingerprint density at radius 3 is 2.65 bits per heavy atom. The first-order chi connectivity index (χ1) is 8.18. The molecule has 1 aliphatic rings. The molecule has 2 heteroatoms. The molecule has 17 heavy (non-hydrogen) atoms. The van der Waals surface area contributed by atoms with Gasteiger partial charge in [-0.25, -0.2) is 0 Å². The maximum Gasteiger partial charge on any atom is 0.0247 e. The highest BCUT2D eigenvalue weighted by molar-refractivity contribution is 5.25. The number of likely N-dealkylation sites (N-methyl/N-ethyl adjacent to an activating group) is 1. The second kappa shape index (κ2) is 5.65. The fraction of sp³-hybridized carbons (Fsp3) is 0.600. The van der Waals surface area contributed by atoms with Crippen LogP contribution in [0.4, 0.5) is 0 Å². The summed E-state index contributed by atoms with van der Waals surface area (Å²) >= 11 is 0. The van der Waals surface area contributed by atoms with Crippen LogP contribution in [-0.2, 0) is 6.54 Å². The highest BCUT2D eigenvalue weighted by Gasteiger charge is 2.25. The summed E-state index contributed by atoms with van der Waals surface area (Å²) in [6.45, 7) is 3.20. The van der Waals surface area contributed by atoms with Gasteiger partial charge in [0.1, 0.15) is 0 Å². The number of hydrogen-bond acceptors (Lipinski definition) is 2. The van der Waals surface area contributed by atoms with Gasteiger partial charge < -0.3 is 5.73 Å². The molecule has 2 unspecified atom stereocenters. The molecule has 94 valence electrons. The van der Waals surface area contributed by atoms with E-state index in [4.69, 9.17) is 5.73 Å². The molecule has 2 nitrogen and oxygen atoms in total. The average molecular weight is 232 g/mol. The number of nitrogens with zero attached hydrogens (tertiary/aromatic N) is 1. The van der Waals surface area contributed by atoms with E-state index in [2.05, 4.69) is 43.1 Å². The normalized spacial score (nSPS) is 25.2. The first kappa shape index (κ1) is 12.6. The van der Waals surface area contributed by atoms with Crippen LogP contribution < -0.4 is 5.73 Å². The van der Waals surface area contributed by atoms with Crippen molar-refractivity contribution in [2.45, 2.75) is 51.2 Å². The van der Waals surface area contributed by atoms with E-state index in [1.54, 1.807) is 0 Å². The molecule has 1 aromatic rings. The third kappa shape index (κ3) is 3.08. The van der Waals surface area contributed by atoms with Crippen LogP contribution in [-0.4, -0.2) is 24.0 Å². The third-order valence-electron chi connectivity index (χ3n) is 4.03. The molecular formula is C15H24N2. The molecule has 2 rings (SSSR count). The lowest BCUT2D eigenvalue weighted by Crippen LogP contribution is -2.47. The maximum absolute atomic E-state index is 6.23. The molecule has 0 aromatic heterocycles. The molecule has 2 N–H and O–H groups in total. The van der Waals surface area contributed by atoms with Crippen molar-refractivity contribution in [3.05, 3.63) is 35.4 Å². The summed E-state index contributed by atoms with van der Waals surface area (Å²) in [4.78, 5) is 2.44. The molecule has 0 saturated heterocycles. The van der Waals surface area contributed by atoms with Gasteiger partial charge in [0.15, 0.2) is 0 Å². The predicted molar refractivity (Wildman–Crippen MR) is 72.9 cm³/mol. The summed E-state index contributed by atoms with van der Waals surface area (Å²) in [5.41, 5.74) is 9.03. The van der Waals surface area contributed by atoms with E-state index in [1.165, 1.54) is 36.8 Å². The molecule has 0 amide bonds. The molecular weight excluding hydrogens is 208 g/mol. The Morgan fingerprint density at radius 1 is 1.24 bits per heavy atom. The van der Waals surface area contributed by atoms with E-state index >= 15 is 0 Å². The molecule has 0 heterocycles. The molecule has 1 saturated carbocycles. The predicted octanol–water partition coefficient (Wildman–Crippen LogP) is 2.70. The minimum absolute atomic E-state index is 0.359. The summed E-state index contributed by atoms with van der Waals surface area (Å²) in [5, 5.41) is 0. The minimum atomic E-state index is 0.359. The number of nitrogens with two attached hydrogens (primary N) is 1. The van der Waals surface area contributed by atoms with E-state index in [-0.39, 0.29) is 0 Å². The van der Waals surface area contributed by atoms with Gasteiger partial charge in [0, 0.05) is 18.6 Å². The van der Waals surface area contributed by atoms with Crippen molar-refractivity contribution in [3.8, 4) is 0 Å². The van der Waals surface area contributed by atoms with Crippen LogP contribution in [0.1, 0.15) is 36.8 Å². The summed E-state index contributed by atoms with van der Waals surface area (Å²) < 4.78 is 0. The maximum atomic E-state index is 6.23. The molecule has 1 fully saturated rings. The third-order valence-corrected chi connectivity index (χ3v) is 4.03. The quantitative estimate of drug-likeness (QED) is 0.868. The zero-order valence-electron chi connectivity index (χ0n) is 11.0. The van der Waals surface area contributed by atoms with Crippen LogP contribution in [0.15, 0.2) is 24.3 Å². The fourth-order valence-electron chi connectivity index (χ4n) is 2.86. The monoisotopic (exact) mass is 232 g/mol. The molecule has 0 spiro atoms. The van der Waals surface area contributed by atoms with Crippen LogP contribution in [0.3, 0.4) is 0 Å². The number of rotatable bonds is 3. The Bertz CT molecular complexity index is 362. The van der Waals surface area contributed by atoms with E-state index in [0.29, 0.717) is 12.1 Å². The van der Waals surface area contributed by atoms with Gasteiger partial charge >= 0.3 is 0 Å². The summed E-state index contributed by atoms with van der Waals surface area (Å²) in [7, 11) is 2.21. The van der Waals surface area contributed by atoms with Gasteiger partial charge in [0.2, 0.25) is 0 Å². The first-order valence-corrected chi connectivity index (χ1v) is 6.69. The van der Waals surface area contributed by atoms with E-state index < -0.39 is 0 Å². The molecule has 0 bridgehead atoms. The van der Waals surface area contributed by atoms with Crippen molar-refractivity contribution in [3.63, 3.8) is 0 Å². The van der Waals surface area contributed by atoms with Crippen molar-refractivity contribution in [2.24, 2.45) is 5.73 Å². The summed E-state index contributed by atoms with van der Waals surface area (Å²) in [5.74, 6) is 0. The van der Waals surface area contributed by atoms with Crippen molar-refractivity contribution < 1.29 is 0 Å². The van der Waals surface area contributed by atoms with Gasteiger partial charge in [-0.05, 0) is 37.9 Å².